The van der Waals surface area contributed by atoms with Crippen molar-refractivity contribution in [2.24, 2.45) is 0 Å². The number of benzene rings is 1. The van der Waals surface area contributed by atoms with E-state index in [0.717, 1.165) is 19.4 Å². The zero-order chi connectivity index (χ0) is 15.7. The molecule has 0 aromatic heterocycles. The van der Waals surface area contributed by atoms with Gasteiger partial charge in [0.15, 0.2) is 11.5 Å². The summed E-state index contributed by atoms with van der Waals surface area (Å²) in [5.74, 6) is 1.89. The summed E-state index contributed by atoms with van der Waals surface area (Å²) >= 11 is 0. The Hall–Kier alpha value is -1.93. The summed E-state index contributed by atoms with van der Waals surface area (Å²) in [6, 6.07) is 7.82. The van der Waals surface area contributed by atoms with Gasteiger partial charge in [0.25, 0.3) is 0 Å². The standard InChI is InChI=1S/C16H24N2O3/c1-5-18-16(2,12-17)10-7-11-21-15-13(19-3)8-6-9-14(15)20-4/h6,8-9,18H,5,7,10-11H2,1-4H3. The molecule has 0 aliphatic rings. The van der Waals surface area contributed by atoms with E-state index in [0.29, 0.717) is 23.9 Å². The summed E-state index contributed by atoms with van der Waals surface area (Å²) in [4.78, 5) is 0. The van der Waals surface area contributed by atoms with Gasteiger partial charge in [0.1, 0.15) is 5.54 Å². The van der Waals surface area contributed by atoms with E-state index in [9.17, 15) is 5.26 Å². The van der Waals surface area contributed by atoms with Gasteiger partial charge in [0.2, 0.25) is 5.75 Å². The molecule has 0 aliphatic carbocycles. The fourth-order valence-electron chi connectivity index (χ4n) is 2.13. The minimum absolute atomic E-state index is 0.499. The summed E-state index contributed by atoms with van der Waals surface area (Å²) in [7, 11) is 3.19. The molecule has 0 radical (unpaired) electrons. The highest BCUT2D eigenvalue weighted by molar-refractivity contribution is 5.51. The van der Waals surface area contributed by atoms with E-state index in [1.165, 1.54) is 0 Å². The second kappa shape index (κ2) is 8.38. The van der Waals surface area contributed by atoms with Gasteiger partial charge < -0.3 is 14.2 Å². The van der Waals surface area contributed by atoms with Gasteiger partial charge in [-0.25, -0.2) is 0 Å². The fourth-order valence-corrected chi connectivity index (χ4v) is 2.13. The number of hydrogen-bond donors (Lipinski definition) is 1. The number of hydrogen-bond acceptors (Lipinski definition) is 5. The molecule has 5 nitrogen and oxygen atoms in total. The first-order chi connectivity index (χ1) is 10.1. The van der Waals surface area contributed by atoms with Crippen LogP contribution in [0.15, 0.2) is 18.2 Å². The van der Waals surface area contributed by atoms with Crippen LogP contribution in [0.2, 0.25) is 0 Å². The lowest BCUT2D eigenvalue weighted by molar-refractivity contribution is 0.257. The molecule has 0 bridgehead atoms. The number of para-hydroxylation sites is 1. The Labute approximate surface area is 126 Å². The van der Waals surface area contributed by atoms with E-state index in [1.54, 1.807) is 14.2 Å². The highest BCUT2D eigenvalue weighted by Gasteiger charge is 2.21. The molecular weight excluding hydrogens is 268 g/mol. The van der Waals surface area contributed by atoms with E-state index in [4.69, 9.17) is 14.2 Å². The van der Waals surface area contributed by atoms with Gasteiger partial charge in [0.05, 0.1) is 26.9 Å². The Morgan fingerprint density at radius 3 is 2.33 bits per heavy atom. The van der Waals surface area contributed by atoms with E-state index in [-0.39, 0.29) is 0 Å². The zero-order valence-electron chi connectivity index (χ0n) is 13.2. The predicted octanol–water partition coefficient (Wildman–Crippen LogP) is 2.75. The van der Waals surface area contributed by atoms with Crippen LogP contribution >= 0.6 is 0 Å². The van der Waals surface area contributed by atoms with Crippen molar-refractivity contribution >= 4 is 0 Å². The summed E-state index contributed by atoms with van der Waals surface area (Å²) in [5, 5.41) is 12.4. The van der Waals surface area contributed by atoms with Crippen molar-refractivity contribution in [2.75, 3.05) is 27.4 Å². The molecule has 1 aromatic carbocycles. The number of ether oxygens (including phenoxy) is 3. The number of nitrogens with one attached hydrogen (secondary N) is 1. The van der Waals surface area contributed by atoms with Crippen molar-refractivity contribution < 1.29 is 14.2 Å². The van der Waals surface area contributed by atoms with Gasteiger partial charge in [-0.2, -0.15) is 5.26 Å². The molecule has 0 spiro atoms. The molecule has 5 heteroatoms. The van der Waals surface area contributed by atoms with Crippen LogP contribution in [0.4, 0.5) is 0 Å². The lowest BCUT2D eigenvalue weighted by Crippen LogP contribution is -2.40. The second-order valence-corrected chi connectivity index (χ2v) is 4.92. The normalized spacial score (nSPS) is 13.1. The molecule has 0 aliphatic heterocycles. The average Bonchev–Trinajstić information content (AvgIpc) is 2.51. The predicted molar refractivity (Wildman–Crippen MR) is 82.0 cm³/mol. The SMILES string of the molecule is CCNC(C)(C#N)CCCOc1c(OC)cccc1OC. The van der Waals surface area contributed by atoms with Crippen LogP contribution in [-0.2, 0) is 0 Å². The number of rotatable bonds is 9. The van der Waals surface area contributed by atoms with E-state index < -0.39 is 5.54 Å². The fraction of sp³-hybridized carbons (Fsp3) is 0.562. The molecule has 1 unspecified atom stereocenters. The number of nitriles is 1. The maximum atomic E-state index is 9.20. The molecular formula is C16H24N2O3. The molecule has 21 heavy (non-hydrogen) atoms. The number of nitrogens with zero attached hydrogens (tertiary/aromatic N) is 1. The molecule has 116 valence electrons. The molecule has 1 aromatic rings. The van der Waals surface area contributed by atoms with Crippen molar-refractivity contribution in [3.8, 4) is 23.3 Å². The lowest BCUT2D eigenvalue weighted by atomic mass is 9.98. The van der Waals surface area contributed by atoms with E-state index in [2.05, 4.69) is 11.4 Å². The third-order valence-corrected chi connectivity index (χ3v) is 3.26. The second-order valence-electron chi connectivity index (χ2n) is 4.92. The first kappa shape index (κ1) is 17.1. The molecule has 0 amide bonds. The molecule has 1 rings (SSSR count). The van der Waals surface area contributed by atoms with Crippen LogP contribution in [-0.4, -0.2) is 32.9 Å². The third-order valence-electron chi connectivity index (χ3n) is 3.26. The summed E-state index contributed by atoms with van der Waals surface area (Å²) in [6.45, 7) is 5.16. The average molecular weight is 292 g/mol. The minimum Gasteiger partial charge on any atom is -0.493 e. The largest absolute Gasteiger partial charge is 0.493 e. The Balaban J connectivity index is 2.59. The van der Waals surface area contributed by atoms with Crippen LogP contribution in [0.3, 0.4) is 0 Å². The first-order valence-corrected chi connectivity index (χ1v) is 7.10. The maximum Gasteiger partial charge on any atom is 0.203 e. The Bertz CT molecular complexity index is 463. The molecule has 0 saturated carbocycles. The van der Waals surface area contributed by atoms with Crippen molar-refractivity contribution in [1.82, 2.24) is 5.32 Å². The van der Waals surface area contributed by atoms with E-state index >= 15 is 0 Å². The topological polar surface area (TPSA) is 63.5 Å². The maximum absolute atomic E-state index is 9.20. The lowest BCUT2D eigenvalue weighted by Gasteiger charge is -2.22. The van der Waals surface area contributed by atoms with Gasteiger partial charge in [0, 0.05) is 0 Å². The Kier molecular flexibility index (Phi) is 6.83. The molecule has 1 N–H and O–H groups in total. The van der Waals surface area contributed by atoms with Gasteiger partial charge >= 0.3 is 0 Å². The van der Waals surface area contributed by atoms with Crippen molar-refractivity contribution in [3.05, 3.63) is 18.2 Å². The summed E-state index contributed by atoms with van der Waals surface area (Å²) in [5.41, 5.74) is -0.511. The van der Waals surface area contributed by atoms with Gasteiger partial charge in [-0.05, 0) is 38.4 Å². The van der Waals surface area contributed by atoms with Crippen molar-refractivity contribution in [1.29, 1.82) is 5.26 Å². The van der Waals surface area contributed by atoms with Crippen LogP contribution in [0.5, 0.6) is 17.2 Å². The van der Waals surface area contributed by atoms with Crippen LogP contribution in [0.1, 0.15) is 26.7 Å². The Morgan fingerprint density at radius 2 is 1.86 bits per heavy atom. The monoisotopic (exact) mass is 292 g/mol. The van der Waals surface area contributed by atoms with Crippen molar-refractivity contribution in [3.63, 3.8) is 0 Å². The molecule has 0 fully saturated rings. The van der Waals surface area contributed by atoms with Crippen molar-refractivity contribution in [2.45, 2.75) is 32.2 Å². The molecule has 1 atom stereocenters. The smallest absolute Gasteiger partial charge is 0.203 e. The third kappa shape index (κ3) is 4.83. The first-order valence-electron chi connectivity index (χ1n) is 7.10. The van der Waals surface area contributed by atoms with Crippen LogP contribution < -0.4 is 19.5 Å². The Morgan fingerprint density at radius 1 is 1.24 bits per heavy atom. The zero-order valence-corrected chi connectivity index (χ0v) is 13.2. The molecule has 0 saturated heterocycles. The highest BCUT2D eigenvalue weighted by Crippen LogP contribution is 2.36. The van der Waals surface area contributed by atoms with Gasteiger partial charge in [-0.1, -0.05) is 13.0 Å². The quantitative estimate of drug-likeness (QED) is 0.709. The van der Waals surface area contributed by atoms with Crippen LogP contribution in [0.25, 0.3) is 0 Å². The molecule has 0 heterocycles. The van der Waals surface area contributed by atoms with Crippen LogP contribution in [0, 0.1) is 11.3 Å². The number of methoxy groups -OCH3 is 2. The van der Waals surface area contributed by atoms with E-state index in [1.807, 2.05) is 32.0 Å². The van der Waals surface area contributed by atoms with Gasteiger partial charge in [-0.3, -0.25) is 5.32 Å². The summed E-state index contributed by atoms with van der Waals surface area (Å²) < 4.78 is 16.3. The highest BCUT2D eigenvalue weighted by atomic mass is 16.5. The minimum atomic E-state index is -0.511. The summed E-state index contributed by atoms with van der Waals surface area (Å²) in [6.07, 6.45) is 1.48. The van der Waals surface area contributed by atoms with Gasteiger partial charge in [-0.15, -0.1) is 0 Å².